The Bertz CT molecular complexity index is 1410. The molecule has 0 radical (unpaired) electrons. The Kier molecular flexibility index (Phi) is 4.47. The summed E-state index contributed by atoms with van der Waals surface area (Å²) in [4.78, 5) is 34.1. The number of hydrogen-bond acceptors (Lipinski definition) is 3. The molecule has 2 aliphatic rings. The van der Waals surface area contributed by atoms with Crippen molar-refractivity contribution in [2.24, 2.45) is 0 Å². The Labute approximate surface area is 191 Å². The maximum Gasteiger partial charge on any atom is 0.259 e. The largest absolute Gasteiger partial charge is 0.497 e. The van der Waals surface area contributed by atoms with Crippen molar-refractivity contribution in [2.75, 3.05) is 18.6 Å². The summed E-state index contributed by atoms with van der Waals surface area (Å²) >= 11 is 0. The number of anilines is 1. The van der Waals surface area contributed by atoms with Crippen molar-refractivity contribution in [1.29, 1.82) is 0 Å². The number of H-pyrrole nitrogens is 1. The highest BCUT2D eigenvalue weighted by molar-refractivity contribution is 6.16. The van der Waals surface area contributed by atoms with Crippen LogP contribution in [-0.4, -0.2) is 35.4 Å². The van der Waals surface area contributed by atoms with Crippen LogP contribution < -0.4 is 9.64 Å². The molecule has 33 heavy (non-hydrogen) atoms. The maximum atomic E-state index is 13.7. The molecule has 6 rings (SSSR count). The van der Waals surface area contributed by atoms with Crippen molar-refractivity contribution in [3.8, 4) is 5.75 Å². The van der Waals surface area contributed by atoms with Crippen LogP contribution >= 0.6 is 0 Å². The van der Waals surface area contributed by atoms with Gasteiger partial charge < -0.3 is 19.5 Å². The summed E-state index contributed by atoms with van der Waals surface area (Å²) < 4.78 is 5.40. The Morgan fingerprint density at radius 1 is 1.00 bits per heavy atom. The van der Waals surface area contributed by atoms with E-state index in [0.29, 0.717) is 30.8 Å². The van der Waals surface area contributed by atoms with Gasteiger partial charge in [0.1, 0.15) is 5.75 Å². The van der Waals surface area contributed by atoms with Gasteiger partial charge >= 0.3 is 0 Å². The molecule has 0 saturated heterocycles. The van der Waals surface area contributed by atoms with Gasteiger partial charge in [0.2, 0.25) is 0 Å². The van der Waals surface area contributed by atoms with Gasteiger partial charge in [0, 0.05) is 47.4 Å². The number of carbonyl (C=O) groups is 2. The first kappa shape index (κ1) is 19.6. The number of fused-ring (bicyclic) bond motifs is 4. The number of carbonyl (C=O) groups excluding carboxylic acids is 2. The molecule has 6 heteroatoms. The van der Waals surface area contributed by atoms with Crippen LogP contribution in [-0.2, 0) is 19.5 Å². The summed E-state index contributed by atoms with van der Waals surface area (Å²) in [6.45, 7) is 1.59. The normalized spacial score (nSPS) is 15.0. The van der Waals surface area contributed by atoms with Crippen molar-refractivity contribution in [3.63, 3.8) is 0 Å². The van der Waals surface area contributed by atoms with Gasteiger partial charge in [-0.3, -0.25) is 9.59 Å². The van der Waals surface area contributed by atoms with Gasteiger partial charge in [-0.05, 0) is 42.0 Å². The summed E-state index contributed by atoms with van der Waals surface area (Å²) in [7, 11) is 1.65. The first-order chi connectivity index (χ1) is 16.1. The Balaban J connectivity index is 1.33. The number of amides is 2. The van der Waals surface area contributed by atoms with E-state index in [4.69, 9.17) is 4.74 Å². The number of nitrogens with one attached hydrogen (secondary N) is 1. The zero-order chi connectivity index (χ0) is 22.5. The maximum absolute atomic E-state index is 13.7. The highest BCUT2D eigenvalue weighted by atomic mass is 16.5. The zero-order valence-corrected chi connectivity index (χ0v) is 18.3. The van der Waals surface area contributed by atoms with Gasteiger partial charge in [0.15, 0.2) is 0 Å². The third-order valence-corrected chi connectivity index (χ3v) is 6.71. The molecular weight excluding hydrogens is 414 g/mol. The molecule has 164 valence electrons. The van der Waals surface area contributed by atoms with E-state index in [1.165, 1.54) is 0 Å². The van der Waals surface area contributed by atoms with Crippen LogP contribution in [0.4, 0.5) is 5.69 Å². The minimum Gasteiger partial charge on any atom is -0.497 e. The summed E-state index contributed by atoms with van der Waals surface area (Å²) in [5.41, 5.74) is 6.07. The van der Waals surface area contributed by atoms with E-state index in [2.05, 4.69) is 4.98 Å². The Morgan fingerprint density at radius 3 is 2.67 bits per heavy atom. The molecule has 6 nitrogen and oxygen atoms in total. The first-order valence-electron chi connectivity index (χ1n) is 11.1. The van der Waals surface area contributed by atoms with Crippen molar-refractivity contribution < 1.29 is 14.3 Å². The number of rotatable bonds is 3. The number of methoxy groups -OCH3 is 1. The molecule has 0 atom stereocenters. The molecule has 0 saturated carbocycles. The third-order valence-electron chi connectivity index (χ3n) is 6.71. The molecule has 2 amide bonds. The minimum absolute atomic E-state index is 0.0991. The fourth-order valence-corrected chi connectivity index (χ4v) is 5.02. The second-order valence-corrected chi connectivity index (χ2v) is 8.54. The van der Waals surface area contributed by atoms with Crippen LogP contribution in [0.1, 0.15) is 37.5 Å². The molecule has 3 heterocycles. The van der Waals surface area contributed by atoms with Crippen molar-refractivity contribution >= 4 is 28.4 Å². The first-order valence-corrected chi connectivity index (χ1v) is 11.1. The van der Waals surface area contributed by atoms with Crippen LogP contribution in [0.5, 0.6) is 5.75 Å². The molecule has 2 aliphatic heterocycles. The summed E-state index contributed by atoms with van der Waals surface area (Å²) in [5.74, 6) is 0.577. The fourth-order valence-electron chi connectivity index (χ4n) is 5.02. The van der Waals surface area contributed by atoms with Crippen LogP contribution in [0.2, 0.25) is 0 Å². The quantitative estimate of drug-likeness (QED) is 0.512. The standard InChI is InChI=1S/C27H23N3O3/c1-33-19-10-11-23-21(14-19)22-16-29(13-12-24(22)28-23)26(31)20-9-5-6-17-15-30(27(32)25(17)20)18-7-3-2-4-8-18/h2-11,14,28H,12-13,15-16H2,1H3. The number of nitrogens with zero attached hydrogens (tertiary/aromatic N) is 2. The smallest absolute Gasteiger partial charge is 0.259 e. The second-order valence-electron chi connectivity index (χ2n) is 8.54. The minimum atomic E-state index is -0.116. The van der Waals surface area contributed by atoms with E-state index in [9.17, 15) is 9.59 Å². The van der Waals surface area contributed by atoms with E-state index < -0.39 is 0 Å². The number of hydrogen-bond donors (Lipinski definition) is 1. The highest BCUT2D eigenvalue weighted by Gasteiger charge is 2.34. The molecule has 0 bridgehead atoms. The van der Waals surface area contributed by atoms with E-state index in [0.717, 1.165) is 45.6 Å². The number of para-hydroxylation sites is 1. The monoisotopic (exact) mass is 437 g/mol. The van der Waals surface area contributed by atoms with Crippen LogP contribution in [0.3, 0.4) is 0 Å². The summed E-state index contributed by atoms with van der Waals surface area (Å²) in [6, 6.07) is 21.2. The fraction of sp³-hybridized carbons (Fsp3) is 0.185. The molecule has 0 spiro atoms. The molecule has 0 unspecified atom stereocenters. The third kappa shape index (κ3) is 3.09. The van der Waals surface area contributed by atoms with Crippen molar-refractivity contribution in [3.05, 3.63) is 94.7 Å². The average Bonchev–Trinajstić information content (AvgIpc) is 3.40. The van der Waals surface area contributed by atoms with Gasteiger partial charge in [0.05, 0.1) is 24.8 Å². The summed E-state index contributed by atoms with van der Waals surface area (Å²) in [6.07, 6.45) is 0.747. The number of benzene rings is 3. The predicted molar refractivity (Wildman–Crippen MR) is 127 cm³/mol. The van der Waals surface area contributed by atoms with Crippen molar-refractivity contribution in [1.82, 2.24) is 9.88 Å². The molecule has 1 aromatic heterocycles. The SMILES string of the molecule is COc1ccc2[nH]c3c(c2c1)CN(C(=O)c1cccc2c1C(=O)N(c1ccccc1)C2)CC3. The number of ether oxygens (including phenoxy) is 1. The van der Waals surface area contributed by atoms with Gasteiger partial charge in [0.25, 0.3) is 11.8 Å². The highest BCUT2D eigenvalue weighted by Crippen LogP contribution is 2.34. The molecule has 0 aliphatic carbocycles. The predicted octanol–water partition coefficient (Wildman–Crippen LogP) is 4.54. The summed E-state index contributed by atoms with van der Waals surface area (Å²) in [5, 5.41) is 1.08. The van der Waals surface area contributed by atoms with E-state index in [1.807, 2.05) is 65.6 Å². The van der Waals surface area contributed by atoms with E-state index in [-0.39, 0.29) is 11.8 Å². The Morgan fingerprint density at radius 2 is 1.85 bits per heavy atom. The zero-order valence-electron chi connectivity index (χ0n) is 18.3. The van der Waals surface area contributed by atoms with Gasteiger partial charge in [-0.2, -0.15) is 0 Å². The van der Waals surface area contributed by atoms with E-state index >= 15 is 0 Å². The lowest BCUT2D eigenvalue weighted by molar-refractivity contribution is 0.0730. The van der Waals surface area contributed by atoms with Gasteiger partial charge in [-0.1, -0.05) is 30.3 Å². The lowest BCUT2D eigenvalue weighted by atomic mass is 9.99. The van der Waals surface area contributed by atoms with E-state index in [1.54, 1.807) is 18.1 Å². The van der Waals surface area contributed by atoms with Crippen LogP contribution in [0, 0.1) is 0 Å². The topological polar surface area (TPSA) is 65.6 Å². The van der Waals surface area contributed by atoms with Crippen LogP contribution in [0.15, 0.2) is 66.7 Å². The van der Waals surface area contributed by atoms with Gasteiger partial charge in [-0.25, -0.2) is 0 Å². The second kappa shape index (κ2) is 7.52. The molecule has 1 N–H and O–H groups in total. The van der Waals surface area contributed by atoms with Crippen molar-refractivity contribution in [2.45, 2.75) is 19.5 Å². The number of aromatic nitrogens is 1. The molecule has 3 aromatic carbocycles. The lowest BCUT2D eigenvalue weighted by Gasteiger charge is -2.28. The number of aromatic amines is 1. The van der Waals surface area contributed by atoms with Crippen LogP contribution in [0.25, 0.3) is 10.9 Å². The molecule has 0 fully saturated rings. The lowest BCUT2D eigenvalue weighted by Crippen LogP contribution is -2.36. The Hall–Kier alpha value is -4.06. The van der Waals surface area contributed by atoms with Gasteiger partial charge in [-0.15, -0.1) is 0 Å². The average molecular weight is 437 g/mol. The molecular formula is C27H23N3O3. The molecule has 4 aromatic rings.